The van der Waals surface area contributed by atoms with Crippen LogP contribution in [0, 0.1) is 13.8 Å². The van der Waals surface area contributed by atoms with Crippen LogP contribution in [0.5, 0.6) is 23.0 Å². The highest BCUT2D eigenvalue weighted by Crippen LogP contribution is 2.37. The maximum atomic E-state index is 10.3. The van der Waals surface area contributed by atoms with E-state index in [-0.39, 0.29) is 19.7 Å². The van der Waals surface area contributed by atoms with E-state index >= 15 is 0 Å². The van der Waals surface area contributed by atoms with Crippen molar-refractivity contribution in [2.75, 3.05) is 26.4 Å². The smallest absolute Gasteiger partial charge is 0.161 e. The van der Waals surface area contributed by atoms with Gasteiger partial charge in [0.15, 0.2) is 11.5 Å². The number of hydrogen-bond acceptors (Lipinski definition) is 10. The number of nitrogens with one attached hydrogen (secondary N) is 1. The average Bonchev–Trinajstić information content (AvgIpc) is 3.10. The SMILES string of the molecule is Cc1cccc(COc2cc(OCc3cccc(-c4ccc5c(c4)OCCO5)c3C)c(Cl)cc2CNCC(O)C(O)C(O)C(O)CO)c1. The molecule has 11 heteroatoms. The molecule has 256 valence electrons. The lowest BCUT2D eigenvalue weighted by Gasteiger charge is -2.26. The molecule has 1 heterocycles. The second-order valence-corrected chi connectivity index (χ2v) is 12.2. The molecule has 10 nitrogen and oxygen atoms in total. The molecule has 1 aliphatic heterocycles. The van der Waals surface area contributed by atoms with Crippen molar-refractivity contribution >= 4 is 11.6 Å². The Kier molecular flexibility index (Phi) is 12.2. The zero-order valence-corrected chi connectivity index (χ0v) is 27.7. The van der Waals surface area contributed by atoms with Gasteiger partial charge in [-0.05, 0) is 59.9 Å². The molecule has 4 aromatic carbocycles. The largest absolute Gasteiger partial charge is 0.488 e. The van der Waals surface area contributed by atoms with Crippen LogP contribution in [-0.2, 0) is 19.8 Å². The van der Waals surface area contributed by atoms with E-state index in [1.54, 1.807) is 12.1 Å². The quantitative estimate of drug-likeness (QED) is 0.109. The molecule has 0 aliphatic carbocycles. The fraction of sp³-hybridized carbons (Fsp3) is 0.351. The minimum atomic E-state index is -1.71. The van der Waals surface area contributed by atoms with E-state index in [1.165, 1.54) is 0 Å². The molecule has 1 aliphatic rings. The Bertz CT molecular complexity index is 1680. The van der Waals surface area contributed by atoms with Gasteiger partial charge in [-0.15, -0.1) is 0 Å². The minimum Gasteiger partial charge on any atom is -0.488 e. The number of aliphatic hydroxyl groups excluding tert-OH is 5. The van der Waals surface area contributed by atoms with Crippen LogP contribution in [0.1, 0.15) is 27.8 Å². The van der Waals surface area contributed by atoms with Gasteiger partial charge in [0.25, 0.3) is 0 Å². The molecule has 48 heavy (non-hydrogen) atoms. The summed E-state index contributed by atoms with van der Waals surface area (Å²) in [4.78, 5) is 0. The summed E-state index contributed by atoms with van der Waals surface area (Å²) in [7, 11) is 0. The number of rotatable bonds is 15. The summed E-state index contributed by atoms with van der Waals surface area (Å²) < 4.78 is 24.0. The second-order valence-electron chi connectivity index (χ2n) is 11.8. The molecule has 0 saturated carbocycles. The monoisotopic (exact) mass is 679 g/mol. The second kappa shape index (κ2) is 16.5. The fourth-order valence-corrected chi connectivity index (χ4v) is 5.72. The summed E-state index contributed by atoms with van der Waals surface area (Å²) in [5.41, 5.74) is 6.85. The zero-order chi connectivity index (χ0) is 34.2. The molecule has 0 bridgehead atoms. The van der Waals surface area contributed by atoms with Crippen molar-refractivity contribution in [3.63, 3.8) is 0 Å². The van der Waals surface area contributed by atoms with Crippen LogP contribution in [-0.4, -0.2) is 76.3 Å². The molecule has 0 amide bonds. The van der Waals surface area contributed by atoms with Gasteiger partial charge >= 0.3 is 0 Å². The van der Waals surface area contributed by atoms with E-state index in [9.17, 15) is 20.4 Å². The number of aryl methyl sites for hydroxylation is 1. The van der Waals surface area contributed by atoms with Gasteiger partial charge in [0.05, 0.1) is 17.7 Å². The zero-order valence-electron chi connectivity index (χ0n) is 26.9. The summed E-state index contributed by atoms with van der Waals surface area (Å²) in [6.07, 6.45) is -6.39. The van der Waals surface area contributed by atoms with Crippen LogP contribution in [0.2, 0.25) is 5.02 Å². The molecule has 6 N–H and O–H groups in total. The molecular weight excluding hydrogens is 638 g/mol. The van der Waals surface area contributed by atoms with Crippen LogP contribution >= 0.6 is 11.6 Å². The van der Waals surface area contributed by atoms with Crippen molar-refractivity contribution < 1.29 is 44.5 Å². The summed E-state index contributed by atoms with van der Waals surface area (Å²) >= 11 is 6.72. The number of aliphatic hydroxyl groups is 5. The predicted octanol–water partition coefficient (Wildman–Crippen LogP) is 4.08. The van der Waals surface area contributed by atoms with E-state index in [0.29, 0.717) is 41.9 Å². The third kappa shape index (κ3) is 8.77. The average molecular weight is 680 g/mol. The third-order valence-corrected chi connectivity index (χ3v) is 8.56. The molecule has 4 aromatic rings. The van der Waals surface area contributed by atoms with Gasteiger partial charge in [-0.2, -0.15) is 0 Å². The number of halogens is 1. The maximum absolute atomic E-state index is 10.3. The fourth-order valence-electron chi connectivity index (χ4n) is 5.48. The van der Waals surface area contributed by atoms with Gasteiger partial charge < -0.3 is 49.8 Å². The van der Waals surface area contributed by atoms with Crippen molar-refractivity contribution in [2.45, 2.75) is 58.0 Å². The minimum absolute atomic E-state index is 0.122. The van der Waals surface area contributed by atoms with E-state index in [1.807, 2.05) is 68.4 Å². The maximum Gasteiger partial charge on any atom is 0.161 e. The highest BCUT2D eigenvalue weighted by atomic mass is 35.5. The van der Waals surface area contributed by atoms with Crippen molar-refractivity contribution in [2.24, 2.45) is 0 Å². The topological polar surface area (TPSA) is 150 Å². The summed E-state index contributed by atoms with van der Waals surface area (Å²) in [5.74, 6) is 2.40. The number of benzene rings is 4. The lowest BCUT2D eigenvalue weighted by Crippen LogP contribution is -2.48. The molecule has 0 spiro atoms. The molecule has 4 atom stereocenters. The van der Waals surface area contributed by atoms with E-state index in [0.717, 1.165) is 44.9 Å². The first kappa shape index (κ1) is 35.4. The van der Waals surface area contributed by atoms with Crippen molar-refractivity contribution in [3.05, 3.63) is 106 Å². The molecule has 0 saturated heterocycles. The first-order valence-corrected chi connectivity index (χ1v) is 16.2. The van der Waals surface area contributed by atoms with Gasteiger partial charge in [0.2, 0.25) is 0 Å². The van der Waals surface area contributed by atoms with Gasteiger partial charge in [0.1, 0.15) is 56.2 Å². The molecule has 5 rings (SSSR count). The van der Waals surface area contributed by atoms with Crippen LogP contribution in [0.25, 0.3) is 11.1 Å². The van der Waals surface area contributed by atoms with E-state index in [2.05, 4.69) is 11.4 Å². The van der Waals surface area contributed by atoms with Gasteiger partial charge in [0, 0.05) is 24.7 Å². The summed E-state index contributed by atoms with van der Waals surface area (Å²) in [6.45, 7) is 4.97. The highest BCUT2D eigenvalue weighted by Gasteiger charge is 2.29. The highest BCUT2D eigenvalue weighted by molar-refractivity contribution is 6.32. The molecule has 0 fully saturated rings. The van der Waals surface area contributed by atoms with Crippen molar-refractivity contribution in [1.29, 1.82) is 0 Å². The lowest BCUT2D eigenvalue weighted by atomic mass is 9.96. The van der Waals surface area contributed by atoms with Gasteiger partial charge in [-0.25, -0.2) is 0 Å². The Labute approximate surface area is 285 Å². The summed E-state index contributed by atoms with van der Waals surface area (Å²) in [5, 5.41) is 52.5. The molecule has 4 unspecified atom stereocenters. The number of fused-ring (bicyclic) bond motifs is 1. The molecule has 0 radical (unpaired) electrons. The Hall–Kier alpha value is -3.87. The Morgan fingerprint density at radius 2 is 1.50 bits per heavy atom. The first-order chi connectivity index (χ1) is 23.1. The molecular formula is C37H42ClNO9. The lowest BCUT2D eigenvalue weighted by molar-refractivity contribution is -0.114. The predicted molar refractivity (Wildman–Crippen MR) is 182 cm³/mol. The van der Waals surface area contributed by atoms with Gasteiger partial charge in [-0.3, -0.25) is 0 Å². The van der Waals surface area contributed by atoms with Crippen LogP contribution in [0.4, 0.5) is 0 Å². The van der Waals surface area contributed by atoms with Crippen LogP contribution < -0.4 is 24.3 Å². The Balaban J connectivity index is 1.32. The molecule has 0 aromatic heterocycles. The Morgan fingerprint density at radius 3 is 2.27 bits per heavy atom. The number of hydrogen-bond donors (Lipinski definition) is 6. The standard InChI is InChI=1S/C37H42ClNO9/c1-22-5-3-6-24(13-22)20-47-33-16-34(29(38)14-27(33)17-39-18-30(41)36(43)37(44)31(42)19-40)48-21-26-7-4-8-28(23(26)2)25-9-10-32-35(15-25)46-12-11-45-32/h3-10,13-16,30-31,36-37,39-44H,11-12,17-21H2,1-2H3. The van der Waals surface area contributed by atoms with E-state index < -0.39 is 31.0 Å². The van der Waals surface area contributed by atoms with E-state index in [4.69, 9.17) is 35.7 Å². The van der Waals surface area contributed by atoms with Crippen LogP contribution in [0.15, 0.2) is 72.8 Å². The Morgan fingerprint density at radius 1 is 0.771 bits per heavy atom. The van der Waals surface area contributed by atoms with Gasteiger partial charge in [-0.1, -0.05) is 65.7 Å². The first-order valence-electron chi connectivity index (χ1n) is 15.8. The van der Waals surface area contributed by atoms with Crippen molar-refractivity contribution in [3.8, 4) is 34.1 Å². The summed E-state index contributed by atoms with van der Waals surface area (Å²) in [6, 6.07) is 23.4. The van der Waals surface area contributed by atoms with Crippen molar-refractivity contribution in [1.82, 2.24) is 5.32 Å². The third-order valence-electron chi connectivity index (χ3n) is 8.27. The normalized spacial score (nSPS) is 15.0. The number of ether oxygens (including phenoxy) is 4. The van der Waals surface area contributed by atoms with Crippen LogP contribution in [0.3, 0.4) is 0 Å².